The average molecular weight is 303 g/mol. The Kier molecular flexibility index (Phi) is 5.70. The molecule has 3 rings (SSSR count). The van der Waals surface area contributed by atoms with Gasteiger partial charge in [0.15, 0.2) is 0 Å². The number of piperidine rings is 1. The molecule has 1 aromatic rings. The highest BCUT2D eigenvalue weighted by molar-refractivity contribution is 5.37. The van der Waals surface area contributed by atoms with Crippen LogP contribution >= 0.6 is 0 Å². The van der Waals surface area contributed by atoms with Crippen molar-refractivity contribution in [3.63, 3.8) is 0 Å². The number of likely N-dealkylation sites (tertiary alicyclic amines) is 1. The summed E-state index contributed by atoms with van der Waals surface area (Å²) in [7, 11) is 1.78. The number of ether oxygens (including phenoxy) is 1. The van der Waals surface area contributed by atoms with E-state index in [9.17, 15) is 0 Å². The Hall–Kier alpha value is -1.10. The van der Waals surface area contributed by atoms with Crippen molar-refractivity contribution in [2.75, 3.05) is 46.4 Å². The lowest BCUT2D eigenvalue weighted by Gasteiger charge is -2.29. The Balaban J connectivity index is 1.67. The van der Waals surface area contributed by atoms with Crippen LogP contribution in [0.1, 0.15) is 30.4 Å². The van der Waals surface area contributed by atoms with Crippen LogP contribution in [0.4, 0.5) is 0 Å². The molecule has 2 heterocycles. The number of piperazine rings is 1. The van der Waals surface area contributed by atoms with Gasteiger partial charge in [-0.15, -0.1) is 0 Å². The van der Waals surface area contributed by atoms with Crippen LogP contribution in [-0.2, 0) is 13.1 Å². The third-order valence-corrected chi connectivity index (χ3v) is 4.80. The van der Waals surface area contributed by atoms with Crippen LogP contribution in [-0.4, -0.2) is 56.2 Å². The van der Waals surface area contributed by atoms with Crippen LogP contribution in [0.3, 0.4) is 0 Å². The predicted octanol–water partition coefficient (Wildman–Crippen LogP) is 2.09. The Morgan fingerprint density at radius 1 is 0.955 bits per heavy atom. The highest BCUT2D eigenvalue weighted by atomic mass is 16.5. The molecule has 4 nitrogen and oxygen atoms in total. The van der Waals surface area contributed by atoms with Gasteiger partial charge < -0.3 is 10.1 Å². The molecule has 22 heavy (non-hydrogen) atoms. The molecule has 0 radical (unpaired) electrons. The van der Waals surface area contributed by atoms with Gasteiger partial charge in [0.1, 0.15) is 5.75 Å². The number of nitrogens with zero attached hydrogens (tertiary/aromatic N) is 2. The van der Waals surface area contributed by atoms with E-state index >= 15 is 0 Å². The number of hydrogen-bond donors (Lipinski definition) is 1. The standard InChI is InChI=1S/C18H29N3O/c1-22-18-6-5-16(14-21-11-7-19-8-12-21)13-17(18)15-20-9-3-2-4-10-20/h5-6,13,19H,2-4,7-12,14-15H2,1H3. The molecule has 2 saturated heterocycles. The van der Waals surface area contributed by atoms with Crippen LogP contribution in [0.15, 0.2) is 18.2 Å². The quantitative estimate of drug-likeness (QED) is 0.901. The fourth-order valence-electron chi connectivity index (χ4n) is 3.54. The topological polar surface area (TPSA) is 27.7 Å². The second-order valence-electron chi connectivity index (χ2n) is 6.51. The predicted molar refractivity (Wildman–Crippen MR) is 90.3 cm³/mol. The smallest absolute Gasteiger partial charge is 0.123 e. The molecular formula is C18H29N3O. The van der Waals surface area contributed by atoms with E-state index in [0.29, 0.717) is 0 Å². The van der Waals surface area contributed by atoms with Crippen molar-refractivity contribution in [2.45, 2.75) is 32.4 Å². The lowest BCUT2D eigenvalue weighted by atomic mass is 10.1. The molecule has 122 valence electrons. The third kappa shape index (κ3) is 4.22. The lowest BCUT2D eigenvalue weighted by molar-refractivity contribution is 0.217. The number of nitrogens with one attached hydrogen (secondary N) is 1. The molecule has 0 bridgehead atoms. The molecule has 0 spiro atoms. The van der Waals surface area contributed by atoms with Gasteiger partial charge in [0.05, 0.1) is 7.11 Å². The van der Waals surface area contributed by atoms with Crippen LogP contribution in [0.25, 0.3) is 0 Å². The molecule has 0 aliphatic carbocycles. The Bertz CT molecular complexity index is 465. The maximum atomic E-state index is 5.58. The molecule has 2 aliphatic heterocycles. The number of rotatable bonds is 5. The number of benzene rings is 1. The molecule has 0 unspecified atom stereocenters. The van der Waals surface area contributed by atoms with Crippen LogP contribution in [0, 0.1) is 0 Å². The zero-order valence-corrected chi connectivity index (χ0v) is 13.8. The monoisotopic (exact) mass is 303 g/mol. The summed E-state index contributed by atoms with van der Waals surface area (Å²) in [4.78, 5) is 5.10. The van der Waals surface area contributed by atoms with Gasteiger partial charge >= 0.3 is 0 Å². The van der Waals surface area contributed by atoms with Gasteiger partial charge in [-0.2, -0.15) is 0 Å². The number of methoxy groups -OCH3 is 1. The molecule has 0 saturated carbocycles. The summed E-state index contributed by atoms with van der Waals surface area (Å²) in [5, 5.41) is 3.42. The summed E-state index contributed by atoms with van der Waals surface area (Å²) < 4.78 is 5.58. The fourth-order valence-corrected chi connectivity index (χ4v) is 3.54. The summed E-state index contributed by atoms with van der Waals surface area (Å²) in [6, 6.07) is 6.73. The Labute approximate surface area is 134 Å². The van der Waals surface area contributed by atoms with Crippen molar-refractivity contribution in [1.82, 2.24) is 15.1 Å². The second-order valence-corrected chi connectivity index (χ2v) is 6.51. The number of hydrogen-bond acceptors (Lipinski definition) is 4. The van der Waals surface area contributed by atoms with Crippen molar-refractivity contribution >= 4 is 0 Å². The first kappa shape index (κ1) is 15.8. The van der Waals surface area contributed by atoms with Crippen molar-refractivity contribution in [1.29, 1.82) is 0 Å². The van der Waals surface area contributed by atoms with Gasteiger partial charge in [0.25, 0.3) is 0 Å². The molecule has 0 atom stereocenters. The molecule has 2 aliphatic rings. The SMILES string of the molecule is COc1ccc(CN2CCNCC2)cc1CN1CCCCC1. The minimum atomic E-state index is 1.03. The highest BCUT2D eigenvalue weighted by Gasteiger charge is 2.15. The van der Waals surface area contributed by atoms with Crippen LogP contribution in [0.5, 0.6) is 5.75 Å². The maximum Gasteiger partial charge on any atom is 0.123 e. The van der Waals surface area contributed by atoms with Gasteiger partial charge in [-0.05, 0) is 43.6 Å². The molecule has 1 aromatic carbocycles. The first-order chi connectivity index (χ1) is 10.8. The van der Waals surface area contributed by atoms with Crippen LogP contribution < -0.4 is 10.1 Å². The minimum Gasteiger partial charge on any atom is -0.496 e. The van der Waals surface area contributed by atoms with E-state index in [1.54, 1.807) is 7.11 Å². The molecule has 0 aromatic heterocycles. The van der Waals surface area contributed by atoms with Gasteiger partial charge in [-0.1, -0.05) is 12.5 Å². The molecule has 0 amide bonds. The van der Waals surface area contributed by atoms with Crippen molar-refractivity contribution in [3.05, 3.63) is 29.3 Å². The van der Waals surface area contributed by atoms with Crippen molar-refractivity contribution < 1.29 is 4.74 Å². The average Bonchev–Trinajstić information content (AvgIpc) is 2.57. The summed E-state index contributed by atoms with van der Waals surface area (Å²) in [6.45, 7) is 9.04. The zero-order valence-electron chi connectivity index (χ0n) is 13.8. The van der Waals surface area contributed by atoms with E-state index in [1.807, 2.05) is 0 Å². The van der Waals surface area contributed by atoms with E-state index in [2.05, 4.69) is 33.3 Å². The first-order valence-corrected chi connectivity index (χ1v) is 8.66. The summed E-state index contributed by atoms with van der Waals surface area (Å²) >= 11 is 0. The van der Waals surface area contributed by atoms with Crippen molar-refractivity contribution in [3.8, 4) is 5.75 Å². The fraction of sp³-hybridized carbons (Fsp3) is 0.667. The van der Waals surface area contributed by atoms with E-state index in [0.717, 1.165) is 45.0 Å². The summed E-state index contributed by atoms with van der Waals surface area (Å²) in [5.74, 6) is 1.04. The Morgan fingerprint density at radius 3 is 2.41 bits per heavy atom. The molecule has 1 N–H and O–H groups in total. The van der Waals surface area contributed by atoms with E-state index < -0.39 is 0 Å². The van der Waals surface area contributed by atoms with E-state index in [-0.39, 0.29) is 0 Å². The Morgan fingerprint density at radius 2 is 1.68 bits per heavy atom. The van der Waals surface area contributed by atoms with Gasteiger partial charge in [-0.3, -0.25) is 9.80 Å². The zero-order chi connectivity index (χ0) is 15.2. The lowest BCUT2D eigenvalue weighted by Crippen LogP contribution is -2.42. The first-order valence-electron chi connectivity index (χ1n) is 8.66. The summed E-state index contributed by atoms with van der Waals surface area (Å²) in [6.07, 6.45) is 4.06. The largest absolute Gasteiger partial charge is 0.496 e. The normalized spacial score (nSPS) is 21.0. The van der Waals surface area contributed by atoms with Gasteiger partial charge in [-0.25, -0.2) is 0 Å². The van der Waals surface area contributed by atoms with Crippen molar-refractivity contribution in [2.24, 2.45) is 0 Å². The second kappa shape index (κ2) is 7.95. The maximum absolute atomic E-state index is 5.58. The minimum absolute atomic E-state index is 1.03. The molecule has 2 fully saturated rings. The highest BCUT2D eigenvalue weighted by Crippen LogP contribution is 2.24. The molecule has 4 heteroatoms. The van der Waals surface area contributed by atoms with Gasteiger partial charge in [0.2, 0.25) is 0 Å². The third-order valence-electron chi connectivity index (χ3n) is 4.80. The molecular weight excluding hydrogens is 274 g/mol. The van der Waals surface area contributed by atoms with E-state index in [4.69, 9.17) is 4.74 Å². The van der Waals surface area contributed by atoms with E-state index in [1.165, 1.54) is 43.5 Å². The van der Waals surface area contributed by atoms with Gasteiger partial charge in [0, 0.05) is 44.8 Å². The summed E-state index contributed by atoms with van der Waals surface area (Å²) in [5.41, 5.74) is 2.76. The van der Waals surface area contributed by atoms with Crippen LogP contribution in [0.2, 0.25) is 0 Å².